The fraction of sp³-hybridized carbons (Fsp3) is 0.0139. The summed E-state index contributed by atoms with van der Waals surface area (Å²) in [6, 6.07) is 81.2. The van der Waals surface area contributed by atoms with Crippen LogP contribution < -0.4 is 0 Å². The number of rotatable bonds is 6. The number of carbonyl (C=O) groups excluding carboxylic acids is 3. The lowest BCUT2D eigenvalue weighted by Crippen LogP contribution is -1.98. The Hall–Kier alpha value is -10.0. The standard InChI is InChI=1S/C69H39NO3.C3H6/c71-67-57-13-4-1-10-51(57)54-19-7-16-48(64(54)67)42-26-22-40(23-27-42)45-32-36-62-60(38-45)61-39-46(41-24-28-43(29-25-41)49-17-8-20-55-52-11-2-5-14-58(52)68(72)65(49)55)33-37-63(61)70(62)47-34-30-44(31-35-47)50-18-9-21-56-53-12-3-6-15-59(53)69(73)66(50)56;1-3-2/h1-39H;3H,1H2,2H3. The zero-order valence-corrected chi connectivity index (χ0v) is 41.5. The maximum absolute atomic E-state index is 13.8. The largest absolute Gasteiger partial charge is 0.309 e. The van der Waals surface area contributed by atoms with Gasteiger partial charge in [0.1, 0.15) is 0 Å². The summed E-state index contributed by atoms with van der Waals surface area (Å²) in [6.45, 7) is 5.25. The number of ketones is 3. The maximum atomic E-state index is 13.8. The van der Waals surface area contributed by atoms with E-state index < -0.39 is 0 Å². The van der Waals surface area contributed by atoms with Crippen LogP contribution in [0.5, 0.6) is 0 Å². The highest BCUT2D eigenvalue weighted by molar-refractivity contribution is 6.26. The molecule has 356 valence electrons. The third-order valence-corrected chi connectivity index (χ3v) is 15.5. The van der Waals surface area contributed by atoms with Crippen molar-refractivity contribution >= 4 is 39.2 Å². The van der Waals surface area contributed by atoms with Crippen molar-refractivity contribution in [3.8, 4) is 94.7 Å². The van der Waals surface area contributed by atoms with E-state index in [4.69, 9.17) is 0 Å². The van der Waals surface area contributed by atoms with E-state index in [-0.39, 0.29) is 17.3 Å². The maximum Gasteiger partial charge on any atom is 0.194 e. The fourth-order valence-corrected chi connectivity index (χ4v) is 12.1. The minimum Gasteiger partial charge on any atom is -0.309 e. The van der Waals surface area contributed by atoms with Crippen LogP contribution in [0.25, 0.3) is 117 Å². The molecule has 0 saturated carbocycles. The Kier molecular flexibility index (Phi) is 10.3. The van der Waals surface area contributed by atoms with Gasteiger partial charge in [-0.15, -0.1) is 6.58 Å². The van der Waals surface area contributed by atoms with E-state index in [1.165, 1.54) is 0 Å². The average molecular weight is 972 g/mol. The Morgan fingerprint density at radius 1 is 0.289 bits per heavy atom. The van der Waals surface area contributed by atoms with E-state index in [0.717, 1.165) is 150 Å². The van der Waals surface area contributed by atoms with Crippen LogP contribution in [0.3, 0.4) is 0 Å². The first-order chi connectivity index (χ1) is 37.4. The lowest BCUT2D eigenvalue weighted by Gasteiger charge is -2.12. The molecule has 1 heterocycles. The Morgan fingerprint density at radius 2 is 0.553 bits per heavy atom. The molecule has 11 aromatic carbocycles. The molecule has 0 spiro atoms. The second-order valence-corrected chi connectivity index (χ2v) is 19.7. The van der Waals surface area contributed by atoms with E-state index in [9.17, 15) is 14.4 Å². The van der Waals surface area contributed by atoms with Gasteiger partial charge in [0.25, 0.3) is 0 Å². The first-order valence-corrected chi connectivity index (χ1v) is 25.7. The number of nitrogens with zero attached hydrogens (tertiary/aromatic N) is 1. The summed E-state index contributed by atoms with van der Waals surface area (Å²) in [4.78, 5) is 41.3. The fourth-order valence-electron chi connectivity index (χ4n) is 12.1. The third-order valence-electron chi connectivity index (χ3n) is 15.5. The van der Waals surface area contributed by atoms with E-state index in [0.29, 0.717) is 0 Å². The molecule has 0 saturated heterocycles. The molecule has 0 fully saturated rings. The van der Waals surface area contributed by atoms with Gasteiger partial charge in [0, 0.05) is 49.8 Å². The minimum absolute atomic E-state index is 0.0675. The summed E-state index contributed by atoms with van der Waals surface area (Å²) in [7, 11) is 0. The van der Waals surface area contributed by atoms with Crippen LogP contribution in [0.1, 0.15) is 54.7 Å². The monoisotopic (exact) mass is 971 g/mol. The van der Waals surface area contributed by atoms with Crippen molar-refractivity contribution in [2.45, 2.75) is 6.92 Å². The molecule has 76 heavy (non-hydrogen) atoms. The molecule has 0 unspecified atom stereocenters. The molecule has 0 radical (unpaired) electrons. The van der Waals surface area contributed by atoms with Gasteiger partial charge in [0.15, 0.2) is 17.3 Å². The Morgan fingerprint density at radius 3 is 0.895 bits per heavy atom. The Labute approximate surface area is 440 Å². The average Bonchev–Trinajstić information content (AvgIpc) is 4.17. The Balaban J connectivity index is 0.00000172. The van der Waals surface area contributed by atoms with Gasteiger partial charge in [0.05, 0.1) is 11.0 Å². The predicted molar refractivity (Wildman–Crippen MR) is 310 cm³/mol. The molecule has 3 aliphatic rings. The number of fused-ring (bicyclic) bond motifs is 12. The third kappa shape index (κ3) is 6.81. The number of hydrogen-bond donors (Lipinski definition) is 0. The summed E-state index contributed by atoms with van der Waals surface area (Å²) in [5, 5.41) is 2.23. The van der Waals surface area contributed by atoms with Crippen molar-refractivity contribution in [2.75, 3.05) is 0 Å². The van der Waals surface area contributed by atoms with Crippen LogP contribution >= 0.6 is 0 Å². The number of hydrogen-bond acceptors (Lipinski definition) is 3. The van der Waals surface area contributed by atoms with Crippen LogP contribution in [0.2, 0.25) is 0 Å². The van der Waals surface area contributed by atoms with Gasteiger partial charge in [-0.25, -0.2) is 0 Å². The molecule has 15 rings (SSSR count). The smallest absolute Gasteiger partial charge is 0.194 e. The van der Waals surface area contributed by atoms with Crippen molar-refractivity contribution in [1.82, 2.24) is 4.57 Å². The highest BCUT2D eigenvalue weighted by Gasteiger charge is 2.32. The van der Waals surface area contributed by atoms with E-state index in [1.807, 2.05) is 116 Å². The highest BCUT2D eigenvalue weighted by Crippen LogP contribution is 2.46. The van der Waals surface area contributed by atoms with Gasteiger partial charge in [-0.05, 0) is 132 Å². The normalized spacial score (nSPS) is 12.4. The SMILES string of the molecule is C=CC.O=C1c2ccccc2-c2cccc(-c3ccc(-c4ccc5c(c4)c4cc(-c6ccc(-c7cccc8c7C(=O)c7ccccc7-8)cc6)ccc4n5-c4ccc(-c5cccc6c5C(=O)c5ccccc5-6)cc4)cc3)c21. The van der Waals surface area contributed by atoms with Crippen LogP contribution in [0, 0.1) is 0 Å². The van der Waals surface area contributed by atoms with Crippen LogP contribution in [-0.2, 0) is 0 Å². The van der Waals surface area contributed by atoms with Gasteiger partial charge >= 0.3 is 0 Å². The van der Waals surface area contributed by atoms with Crippen LogP contribution in [-0.4, -0.2) is 21.9 Å². The second kappa shape index (κ2) is 17.6. The molecule has 0 amide bonds. The molecule has 4 heteroatoms. The van der Waals surface area contributed by atoms with Gasteiger partial charge in [-0.1, -0.05) is 206 Å². The molecular formula is C72H45NO3. The molecule has 0 aliphatic heterocycles. The first kappa shape index (κ1) is 44.7. The number of allylic oxidation sites excluding steroid dienone is 1. The van der Waals surface area contributed by atoms with E-state index >= 15 is 0 Å². The number of carbonyl (C=O) groups is 3. The quantitative estimate of drug-likeness (QED) is 0.156. The molecule has 0 bridgehead atoms. The van der Waals surface area contributed by atoms with Crippen molar-refractivity contribution < 1.29 is 14.4 Å². The topological polar surface area (TPSA) is 56.1 Å². The summed E-state index contributed by atoms with van der Waals surface area (Å²) in [5.41, 5.74) is 23.8. The van der Waals surface area contributed by atoms with E-state index in [1.54, 1.807) is 6.08 Å². The zero-order chi connectivity index (χ0) is 51.2. The van der Waals surface area contributed by atoms with Gasteiger partial charge in [-0.3, -0.25) is 14.4 Å². The number of aromatic nitrogens is 1. The minimum atomic E-state index is 0.0675. The van der Waals surface area contributed by atoms with Gasteiger partial charge < -0.3 is 4.57 Å². The zero-order valence-electron chi connectivity index (χ0n) is 41.5. The number of benzene rings is 11. The first-order valence-electron chi connectivity index (χ1n) is 25.7. The molecule has 3 aliphatic carbocycles. The summed E-state index contributed by atoms with van der Waals surface area (Å²) in [5.74, 6) is 0.214. The summed E-state index contributed by atoms with van der Waals surface area (Å²) in [6.07, 6.45) is 1.75. The second-order valence-electron chi connectivity index (χ2n) is 19.7. The highest BCUT2D eigenvalue weighted by atomic mass is 16.1. The summed E-state index contributed by atoms with van der Waals surface area (Å²) >= 11 is 0. The Bertz CT molecular complexity index is 4250. The van der Waals surface area contributed by atoms with Crippen molar-refractivity contribution in [2.24, 2.45) is 0 Å². The molecule has 0 N–H and O–H groups in total. The van der Waals surface area contributed by atoms with E-state index in [2.05, 4.69) is 139 Å². The molecule has 1 aromatic heterocycles. The predicted octanol–water partition coefficient (Wildman–Crippen LogP) is 17.9. The lowest BCUT2D eigenvalue weighted by atomic mass is 9.93. The van der Waals surface area contributed by atoms with Crippen LogP contribution in [0.4, 0.5) is 0 Å². The van der Waals surface area contributed by atoms with Gasteiger partial charge in [0.2, 0.25) is 0 Å². The van der Waals surface area contributed by atoms with Crippen LogP contribution in [0.15, 0.2) is 249 Å². The van der Waals surface area contributed by atoms with Gasteiger partial charge in [-0.2, -0.15) is 0 Å². The van der Waals surface area contributed by atoms with Crippen molar-refractivity contribution in [3.63, 3.8) is 0 Å². The van der Waals surface area contributed by atoms with Crippen molar-refractivity contribution in [3.05, 3.63) is 283 Å². The molecule has 0 atom stereocenters. The van der Waals surface area contributed by atoms with Crippen molar-refractivity contribution in [1.29, 1.82) is 0 Å². The molecular weight excluding hydrogens is 927 g/mol. The lowest BCUT2D eigenvalue weighted by molar-refractivity contribution is 0.103. The molecule has 4 nitrogen and oxygen atoms in total. The summed E-state index contributed by atoms with van der Waals surface area (Å²) < 4.78 is 2.33. The molecule has 12 aromatic rings.